The number of imidazole rings is 1. The fourth-order valence-electron chi connectivity index (χ4n) is 2.05. The number of rotatable bonds is 5. The molecule has 6 heteroatoms. The summed E-state index contributed by atoms with van der Waals surface area (Å²) in [7, 11) is 1.40. The maximum absolute atomic E-state index is 11.2. The molecule has 0 radical (unpaired) electrons. The smallest absolute Gasteiger partial charge is 0.308 e. The maximum atomic E-state index is 11.2. The fraction of sp³-hybridized carbons (Fsp3) is 0.667. The third-order valence-corrected chi connectivity index (χ3v) is 3.08. The van der Waals surface area contributed by atoms with Crippen molar-refractivity contribution in [1.82, 2.24) is 14.5 Å². The molecule has 1 atom stereocenters. The van der Waals surface area contributed by atoms with Crippen molar-refractivity contribution in [1.29, 1.82) is 0 Å². The van der Waals surface area contributed by atoms with Crippen molar-refractivity contribution in [2.75, 3.05) is 33.4 Å². The van der Waals surface area contributed by atoms with Gasteiger partial charge >= 0.3 is 5.97 Å². The summed E-state index contributed by atoms with van der Waals surface area (Å²) in [4.78, 5) is 17.5. The SMILES string of the molecule is COC(=O)CC1CN(CCn2ccnc2)CCO1. The van der Waals surface area contributed by atoms with Crippen LogP contribution in [0.1, 0.15) is 6.42 Å². The number of aromatic nitrogens is 2. The molecule has 1 fully saturated rings. The van der Waals surface area contributed by atoms with Gasteiger partial charge in [0, 0.05) is 38.6 Å². The first-order chi connectivity index (χ1) is 8.78. The Labute approximate surface area is 106 Å². The van der Waals surface area contributed by atoms with Gasteiger partial charge in [0.1, 0.15) is 0 Å². The Balaban J connectivity index is 1.74. The lowest BCUT2D eigenvalue weighted by molar-refractivity contribution is -0.145. The Kier molecular flexibility index (Phi) is 4.72. The van der Waals surface area contributed by atoms with E-state index in [9.17, 15) is 4.79 Å². The Hall–Kier alpha value is -1.40. The van der Waals surface area contributed by atoms with Crippen molar-refractivity contribution < 1.29 is 14.3 Å². The van der Waals surface area contributed by atoms with Crippen molar-refractivity contribution >= 4 is 5.97 Å². The van der Waals surface area contributed by atoms with Gasteiger partial charge in [0.25, 0.3) is 0 Å². The van der Waals surface area contributed by atoms with Crippen LogP contribution in [0.3, 0.4) is 0 Å². The first-order valence-corrected chi connectivity index (χ1v) is 6.14. The fourth-order valence-corrected chi connectivity index (χ4v) is 2.05. The molecule has 1 unspecified atom stereocenters. The van der Waals surface area contributed by atoms with Crippen molar-refractivity contribution in [3.8, 4) is 0 Å². The third kappa shape index (κ3) is 3.82. The minimum Gasteiger partial charge on any atom is -0.469 e. The molecule has 1 aromatic heterocycles. The molecule has 100 valence electrons. The Morgan fingerprint density at radius 1 is 1.56 bits per heavy atom. The standard InChI is InChI=1S/C12H19N3O3/c1-17-12(16)8-11-9-14(6-7-18-11)4-5-15-3-2-13-10-15/h2-3,10-11H,4-9H2,1H3. The van der Waals surface area contributed by atoms with Crippen molar-refractivity contribution in [3.63, 3.8) is 0 Å². The zero-order valence-corrected chi connectivity index (χ0v) is 10.6. The van der Waals surface area contributed by atoms with Crippen LogP contribution >= 0.6 is 0 Å². The van der Waals surface area contributed by atoms with E-state index < -0.39 is 0 Å². The Morgan fingerprint density at radius 2 is 2.44 bits per heavy atom. The van der Waals surface area contributed by atoms with E-state index >= 15 is 0 Å². The topological polar surface area (TPSA) is 56.6 Å². The quantitative estimate of drug-likeness (QED) is 0.699. The zero-order valence-electron chi connectivity index (χ0n) is 10.6. The molecule has 1 aliphatic rings. The monoisotopic (exact) mass is 253 g/mol. The van der Waals surface area contributed by atoms with Crippen LogP contribution in [0.25, 0.3) is 0 Å². The van der Waals surface area contributed by atoms with Gasteiger partial charge in [-0.1, -0.05) is 0 Å². The molecule has 1 aliphatic heterocycles. The third-order valence-electron chi connectivity index (χ3n) is 3.08. The average Bonchev–Trinajstić information content (AvgIpc) is 2.90. The predicted molar refractivity (Wildman–Crippen MR) is 65.0 cm³/mol. The second-order valence-electron chi connectivity index (χ2n) is 4.37. The number of hydrogen-bond donors (Lipinski definition) is 0. The molecule has 6 nitrogen and oxygen atoms in total. The molecule has 0 aromatic carbocycles. The second-order valence-corrected chi connectivity index (χ2v) is 4.37. The number of hydrogen-bond acceptors (Lipinski definition) is 5. The summed E-state index contributed by atoms with van der Waals surface area (Å²) in [5, 5.41) is 0. The van der Waals surface area contributed by atoms with Crippen LogP contribution in [0.5, 0.6) is 0 Å². The van der Waals surface area contributed by atoms with Gasteiger partial charge < -0.3 is 14.0 Å². The number of methoxy groups -OCH3 is 1. The van der Waals surface area contributed by atoms with Crippen molar-refractivity contribution in [2.24, 2.45) is 0 Å². The number of nitrogens with zero attached hydrogens (tertiary/aromatic N) is 3. The van der Waals surface area contributed by atoms with Crippen LogP contribution in [0, 0.1) is 0 Å². The molecule has 2 rings (SSSR count). The number of esters is 1. The molecular weight excluding hydrogens is 234 g/mol. The van der Waals surface area contributed by atoms with E-state index in [1.54, 1.807) is 6.20 Å². The molecule has 0 amide bonds. The molecule has 0 spiro atoms. The molecular formula is C12H19N3O3. The zero-order chi connectivity index (χ0) is 12.8. The Bertz CT molecular complexity index is 367. The highest BCUT2D eigenvalue weighted by atomic mass is 16.5. The number of carbonyl (C=O) groups excluding carboxylic acids is 1. The molecule has 1 aromatic rings. The van der Waals surface area contributed by atoms with Gasteiger partial charge in [-0.25, -0.2) is 4.98 Å². The molecule has 0 saturated carbocycles. The largest absolute Gasteiger partial charge is 0.469 e. The first-order valence-electron chi connectivity index (χ1n) is 6.14. The second kappa shape index (κ2) is 6.51. The van der Waals surface area contributed by atoms with Crippen LogP contribution < -0.4 is 0 Å². The molecule has 1 saturated heterocycles. The Morgan fingerprint density at radius 3 is 3.17 bits per heavy atom. The summed E-state index contributed by atoms with van der Waals surface area (Å²) in [5.41, 5.74) is 0. The minimum absolute atomic E-state index is 0.0472. The number of morpholine rings is 1. The van der Waals surface area contributed by atoms with E-state index in [1.807, 2.05) is 17.1 Å². The van der Waals surface area contributed by atoms with E-state index in [4.69, 9.17) is 4.74 Å². The summed E-state index contributed by atoms with van der Waals surface area (Å²) in [6, 6.07) is 0. The van der Waals surface area contributed by atoms with Crippen molar-refractivity contribution in [2.45, 2.75) is 19.1 Å². The van der Waals surface area contributed by atoms with Crippen molar-refractivity contribution in [3.05, 3.63) is 18.7 Å². The molecule has 0 aliphatic carbocycles. The van der Waals surface area contributed by atoms with Crippen LogP contribution in [0.4, 0.5) is 0 Å². The molecule has 2 heterocycles. The predicted octanol–water partition coefficient (Wildman–Crippen LogP) is 0.147. The summed E-state index contributed by atoms with van der Waals surface area (Å²) < 4.78 is 12.3. The van der Waals surface area contributed by atoms with Gasteiger partial charge in [-0.15, -0.1) is 0 Å². The lowest BCUT2D eigenvalue weighted by atomic mass is 10.2. The van der Waals surface area contributed by atoms with Crippen LogP contribution in [-0.4, -0.2) is 59.9 Å². The summed E-state index contributed by atoms with van der Waals surface area (Å²) in [5.74, 6) is -0.212. The van der Waals surface area contributed by atoms with Crippen LogP contribution in [-0.2, 0) is 20.8 Å². The average molecular weight is 253 g/mol. The lowest BCUT2D eigenvalue weighted by Crippen LogP contribution is -2.44. The molecule has 0 N–H and O–H groups in total. The highest BCUT2D eigenvalue weighted by Crippen LogP contribution is 2.09. The number of carbonyl (C=O) groups is 1. The highest BCUT2D eigenvalue weighted by Gasteiger charge is 2.22. The lowest BCUT2D eigenvalue weighted by Gasteiger charge is -2.32. The van der Waals surface area contributed by atoms with E-state index in [2.05, 4.69) is 14.6 Å². The van der Waals surface area contributed by atoms with Crippen LogP contribution in [0.15, 0.2) is 18.7 Å². The van der Waals surface area contributed by atoms with E-state index in [-0.39, 0.29) is 12.1 Å². The highest BCUT2D eigenvalue weighted by molar-refractivity contribution is 5.69. The van der Waals surface area contributed by atoms with Gasteiger partial charge in [0.05, 0.1) is 32.6 Å². The first kappa shape index (κ1) is 13.0. The van der Waals surface area contributed by atoms with Gasteiger partial charge in [-0.05, 0) is 0 Å². The number of ether oxygens (including phenoxy) is 2. The maximum Gasteiger partial charge on any atom is 0.308 e. The van der Waals surface area contributed by atoms with E-state index in [0.29, 0.717) is 13.0 Å². The molecule has 18 heavy (non-hydrogen) atoms. The van der Waals surface area contributed by atoms with Gasteiger partial charge in [0.2, 0.25) is 0 Å². The van der Waals surface area contributed by atoms with Crippen LogP contribution in [0.2, 0.25) is 0 Å². The minimum atomic E-state index is -0.212. The van der Waals surface area contributed by atoms with E-state index in [1.165, 1.54) is 7.11 Å². The summed E-state index contributed by atoms with van der Waals surface area (Å²) in [6.07, 6.45) is 5.82. The van der Waals surface area contributed by atoms with E-state index in [0.717, 1.165) is 26.2 Å². The summed E-state index contributed by atoms with van der Waals surface area (Å²) in [6.45, 7) is 4.21. The molecule has 0 bridgehead atoms. The van der Waals surface area contributed by atoms with Gasteiger partial charge in [-0.2, -0.15) is 0 Å². The van der Waals surface area contributed by atoms with Gasteiger partial charge in [0.15, 0.2) is 0 Å². The van der Waals surface area contributed by atoms with Gasteiger partial charge in [-0.3, -0.25) is 9.69 Å². The normalized spacial score (nSPS) is 20.8. The summed E-state index contributed by atoms with van der Waals surface area (Å²) >= 11 is 0.